The van der Waals surface area contributed by atoms with E-state index in [0.717, 1.165) is 0 Å². The summed E-state index contributed by atoms with van der Waals surface area (Å²) in [5.74, 6) is -1.15. The van der Waals surface area contributed by atoms with Crippen molar-refractivity contribution in [2.75, 3.05) is 19.0 Å². The second kappa shape index (κ2) is 9.06. The second-order valence-corrected chi connectivity index (χ2v) is 9.68. The van der Waals surface area contributed by atoms with E-state index in [1.54, 1.807) is 30.3 Å². The number of hydrogen-bond donors (Lipinski definition) is 1. The number of benzene rings is 2. The number of hydrogen-bond acceptors (Lipinski definition) is 6. The molecular formula is C21H22ClNO6S. The number of halogens is 1. The van der Waals surface area contributed by atoms with E-state index < -0.39 is 33.1 Å². The van der Waals surface area contributed by atoms with Gasteiger partial charge in [0.1, 0.15) is 5.75 Å². The van der Waals surface area contributed by atoms with Crippen molar-refractivity contribution in [2.45, 2.75) is 35.3 Å². The molecule has 2 aromatic carbocycles. The third kappa shape index (κ3) is 4.29. The van der Waals surface area contributed by atoms with Gasteiger partial charge in [-0.15, -0.1) is 0 Å². The molecule has 30 heavy (non-hydrogen) atoms. The predicted octanol–water partition coefficient (Wildman–Crippen LogP) is 3.62. The molecule has 7 nitrogen and oxygen atoms in total. The quantitative estimate of drug-likeness (QED) is 0.645. The van der Waals surface area contributed by atoms with Crippen molar-refractivity contribution in [1.82, 2.24) is 0 Å². The summed E-state index contributed by atoms with van der Waals surface area (Å²) in [7, 11) is -2.52. The van der Waals surface area contributed by atoms with E-state index in [9.17, 15) is 18.0 Å². The predicted molar refractivity (Wildman–Crippen MR) is 112 cm³/mol. The third-order valence-corrected chi connectivity index (χ3v) is 7.85. The van der Waals surface area contributed by atoms with Crippen LogP contribution in [0.5, 0.6) is 5.75 Å². The monoisotopic (exact) mass is 451 g/mol. The van der Waals surface area contributed by atoms with Crippen LogP contribution < -0.4 is 10.1 Å². The van der Waals surface area contributed by atoms with Crippen LogP contribution in [0.4, 0.5) is 5.69 Å². The Balaban J connectivity index is 1.74. The molecule has 1 aliphatic carbocycles. The first kappa shape index (κ1) is 22.1. The average Bonchev–Trinajstić information content (AvgIpc) is 3.25. The zero-order chi connectivity index (χ0) is 21.8. The molecule has 0 spiro atoms. The number of nitrogens with one attached hydrogen (secondary N) is 1. The van der Waals surface area contributed by atoms with Gasteiger partial charge in [-0.25, -0.2) is 8.42 Å². The van der Waals surface area contributed by atoms with Gasteiger partial charge in [0.25, 0.3) is 5.91 Å². The van der Waals surface area contributed by atoms with Gasteiger partial charge in [-0.05, 0) is 43.2 Å². The van der Waals surface area contributed by atoms with Gasteiger partial charge < -0.3 is 14.8 Å². The highest BCUT2D eigenvalue weighted by Gasteiger charge is 2.54. The molecule has 0 unspecified atom stereocenters. The van der Waals surface area contributed by atoms with Crippen LogP contribution in [-0.2, 0) is 24.2 Å². The Kier molecular flexibility index (Phi) is 6.67. The summed E-state index contributed by atoms with van der Waals surface area (Å²) in [6, 6.07) is 12.5. The minimum atomic E-state index is -3.97. The topological polar surface area (TPSA) is 98.8 Å². The fraction of sp³-hybridized carbons (Fsp3) is 0.333. The van der Waals surface area contributed by atoms with Gasteiger partial charge in [-0.2, -0.15) is 0 Å². The summed E-state index contributed by atoms with van der Waals surface area (Å²) in [4.78, 5) is 25.3. The van der Waals surface area contributed by atoms with E-state index in [4.69, 9.17) is 21.1 Å². The van der Waals surface area contributed by atoms with E-state index >= 15 is 0 Å². The molecule has 0 saturated heterocycles. The van der Waals surface area contributed by atoms with Crippen molar-refractivity contribution in [1.29, 1.82) is 0 Å². The summed E-state index contributed by atoms with van der Waals surface area (Å²) >= 11 is 5.94. The van der Waals surface area contributed by atoms with Crippen molar-refractivity contribution in [3.8, 4) is 5.75 Å². The van der Waals surface area contributed by atoms with Crippen molar-refractivity contribution >= 4 is 39.0 Å². The van der Waals surface area contributed by atoms with Crippen LogP contribution in [0, 0.1) is 0 Å². The Labute approximate surface area is 180 Å². The maximum absolute atomic E-state index is 13.2. The van der Waals surface area contributed by atoms with Crippen molar-refractivity contribution in [2.24, 2.45) is 0 Å². The van der Waals surface area contributed by atoms with E-state index in [0.29, 0.717) is 29.3 Å². The van der Waals surface area contributed by atoms with Crippen LogP contribution in [0.3, 0.4) is 0 Å². The lowest BCUT2D eigenvalue weighted by Crippen LogP contribution is -2.46. The fourth-order valence-electron chi connectivity index (χ4n) is 3.58. The second-order valence-electron chi connectivity index (χ2n) is 6.99. The molecule has 0 radical (unpaired) electrons. The Hall–Kier alpha value is -2.58. The summed E-state index contributed by atoms with van der Waals surface area (Å²) in [5, 5.41) is 2.95. The Bertz CT molecular complexity index is 1030. The van der Waals surface area contributed by atoms with Gasteiger partial charge in [0.05, 0.1) is 17.7 Å². The number of rotatable bonds is 7. The van der Waals surface area contributed by atoms with Crippen molar-refractivity contribution < 1.29 is 27.5 Å². The molecule has 0 aromatic heterocycles. The van der Waals surface area contributed by atoms with Crippen molar-refractivity contribution in [3.05, 3.63) is 53.6 Å². The molecular weight excluding hydrogens is 430 g/mol. The molecule has 1 aliphatic rings. The Morgan fingerprint density at radius 2 is 1.77 bits per heavy atom. The van der Waals surface area contributed by atoms with Crippen LogP contribution in [0.2, 0.25) is 5.02 Å². The number of carbonyl (C=O) groups is 2. The van der Waals surface area contributed by atoms with E-state index in [2.05, 4.69) is 5.32 Å². The molecule has 1 N–H and O–H groups in total. The highest BCUT2D eigenvalue weighted by atomic mass is 35.5. The smallest absolute Gasteiger partial charge is 0.328 e. The maximum Gasteiger partial charge on any atom is 0.328 e. The normalized spacial score (nSPS) is 15.4. The minimum absolute atomic E-state index is 0.0666. The van der Waals surface area contributed by atoms with E-state index in [1.807, 2.05) is 0 Å². The first-order chi connectivity index (χ1) is 14.3. The molecule has 2 aromatic rings. The van der Waals surface area contributed by atoms with Gasteiger partial charge in [0.2, 0.25) is 0 Å². The van der Waals surface area contributed by atoms with Gasteiger partial charge in [0, 0.05) is 5.02 Å². The SMILES string of the molecule is COc1ccc(Cl)cc1NC(=O)COC(=O)C1(S(=O)(=O)c2ccccc2)CCCC1. The summed E-state index contributed by atoms with van der Waals surface area (Å²) < 4.78 is 35.1. The fourth-order valence-corrected chi connectivity index (χ4v) is 5.82. The average molecular weight is 452 g/mol. The zero-order valence-electron chi connectivity index (χ0n) is 16.4. The maximum atomic E-state index is 13.2. The number of esters is 1. The summed E-state index contributed by atoms with van der Waals surface area (Å²) in [6.45, 7) is -0.624. The third-order valence-electron chi connectivity index (χ3n) is 5.12. The minimum Gasteiger partial charge on any atom is -0.495 e. The highest BCUT2D eigenvalue weighted by molar-refractivity contribution is 7.93. The standard InChI is InChI=1S/C21H22ClNO6S/c1-28-18-10-9-15(22)13-17(18)23-19(24)14-29-20(25)21(11-5-6-12-21)30(26,27)16-7-3-2-4-8-16/h2-4,7-10,13H,5-6,11-12,14H2,1H3,(H,23,24). The van der Waals surface area contributed by atoms with Crippen LogP contribution in [0.25, 0.3) is 0 Å². The first-order valence-corrected chi connectivity index (χ1v) is 11.3. The largest absolute Gasteiger partial charge is 0.495 e. The lowest BCUT2D eigenvalue weighted by molar-refractivity contribution is -0.149. The lowest BCUT2D eigenvalue weighted by atomic mass is 10.1. The van der Waals surface area contributed by atoms with Crippen LogP contribution in [0.1, 0.15) is 25.7 Å². The van der Waals surface area contributed by atoms with E-state index in [-0.39, 0.29) is 17.7 Å². The van der Waals surface area contributed by atoms with Gasteiger partial charge >= 0.3 is 5.97 Å². The van der Waals surface area contributed by atoms with Crippen LogP contribution in [-0.4, -0.2) is 38.8 Å². The number of amides is 1. The molecule has 160 valence electrons. The van der Waals surface area contributed by atoms with E-state index in [1.165, 1.54) is 25.3 Å². The molecule has 9 heteroatoms. The number of sulfone groups is 1. The lowest BCUT2D eigenvalue weighted by Gasteiger charge is -2.26. The molecule has 0 heterocycles. The molecule has 0 bridgehead atoms. The molecule has 0 aliphatic heterocycles. The first-order valence-electron chi connectivity index (χ1n) is 9.40. The summed E-state index contributed by atoms with van der Waals surface area (Å²) in [6.07, 6.45) is 1.50. The number of methoxy groups -OCH3 is 1. The van der Waals surface area contributed by atoms with Gasteiger partial charge in [-0.3, -0.25) is 9.59 Å². The molecule has 0 atom stereocenters. The molecule has 1 amide bonds. The number of carbonyl (C=O) groups excluding carboxylic acids is 2. The Morgan fingerprint density at radius 3 is 2.40 bits per heavy atom. The number of ether oxygens (including phenoxy) is 2. The summed E-state index contributed by atoms with van der Waals surface area (Å²) in [5.41, 5.74) is 0.318. The van der Waals surface area contributed by atoms with Crippen LogP contribution in [0.15, 0.2) is 53.4 Å². The van der Waals surface area contributed by atoms with Crippen LogP contribution >= 0.6 is 11.6 Å². The van der Waals surface area contributed by atoms with Crippen molar-refractivity contribution in [3.63, 3.8) is 0 Å². The van der Waals surface area contributed by atoms with Gasteiger partial charge in [-0.1, -0.05) is 42.6 Å². The molecule has 1 fully saturated rings. The molecule has 3 rings (SSSR count). The Morgan fingerprint density at radius 1 is 1.10 bits per heavy atom. The highest BCUT2D eigenvalue weighted by Crippen LogP contribution is 2.41. The van der Waals surface area contributed by atoms with Gasteiger partial charge in [0.15, 0.2) is 21.2 Å². The molecule has 1 saturated carbocycles. The number of anilines is 1. The zero-order valence-corrected chi connectivity index (χ0v) is 18.0.